The number of rotatable bonds is 2. The molecule has 1 aromatic carbocycles. The Morgan fingerprint density at radius 3 is 2.61 bits per heavy atom. The summed E-state index contributed by atoms with van der Waals surface area (Å²) < 4.78 is 0. The smallest absolute Gasteiger partial charge is 0.0155 e. The van der Waals surface area contributed by atoms with E-state index in [9.17, 15) is 0 Å². The summed E-state index contributed by atoms with van der Waals surface area (Å²) in [5.41, 5.74) is 9.40. The van der Waals surface area contributed by atoms with Crippen molar-refractivity contribution in [3.8, 4) is 0 Å². The standard InChI is InChI=1S/C23H24/c1-6-7-10-18-16(2)13-14-22-20(15-17(18)3)19-11-8-9-12-21(19)23(22,4)5/h6-14H,1-2,15H2,3-5H3/b10-7-,14-13-,18-17-. The Balaban J connectivity index is 2.19. The van der Waals surface area contributed by atoms with Crippen molar-refractivity contribution in [1.29, 1.82) is 0 Å². The van der Waals surface area contributed by atoms with Crippen LogP contribution in [-0.2, 0) is 5.41 Å². The summed E-state index contributed by atoms with van der Waals surface area (Å²) in [5, 5.41) is 0. The van der Waals surface area contributed by atoms with Crippen molar-refractivity contribution in [3.63, 3.8) is 0 Å². The van der Waals surface area contributed by atoms with Crippen molar-refractivity contribution in [3.05, 3.63) is 101 Å². The van der Waals surface area contributed by atoms with E-state index in [4.69, 9.17) is 0 Å². The maximum absolute atomic E-state index is 4.26. The van der Waals surface area contributed by atoms with E-state index in [1.54, 1.807) is 0 Å². The molecular weight excluding hydrogens is 276 g/mol. The molecule has 0 unspecified atom stereocenters. The molecular formula is C23H24. The molecule has 0 aromatic heterocycles. The van der Waals surface area contributed by atoms with Gasteiger partial charge in [-0.1, -0.05) is 87.2 Å². The fourth-order valence-corrected chi connectivity index (χ4v) is 3.78. The lowest BCUT2D eigenvalue weighted by Gasteiger charge is -2.24. The van der Waals surface area contributed by atoms with Gasteiger partial charge in [0.2, 0.25) is 0 Å². The summed E-state index contributed by atoms with van der Waals surface area (Å²) >= 11 is 0. The summed E-state index contributed by atoms with van der Waals surface area (Å²) in [4.78, 5) is 0. The maximum Gasteiger partial charge on any atom is 0.0155 e. The van der Waals surface area contributed by atoms with Gasteiger partial charge in [0.1, 0.15) is 0 Å². The number of hydrogen-bond acceptors (Lipinski definition) is 0. The molecule has 2 aliphatic carbocycles. The average molecular weight is 300 g/mol. The number of allylic oxidation sites excluding steroid dienone is 10. The van der Waals surface area contributed by atoms with Gasteiger partial charge in [-0.2, -0.15) is 0 Å². The molecule has 0 aliphatic heterocycles. The monoisotopic (exact) mass is 300 g/mol. The lowest BCUT2D eigenvalue weighted by molar-refractivity contribution is 0.653. The van der Waals surface area contributed by atoms with Gasteiger partial charge in [0.15, 0.2) is 0 Å². The van der Waals surface area contributed by atoms with Crippen LogP contribution in [0.1, 0.15) is 38.3 Å². The highest BCUT2D eigenvalue weighted by molar-refractivity contribution is 5.84. The minimum absolute atomic E-state index is 0.0530. The molecule has 23 heavy (non-hydrogen) atoms. The van der Waals surface area contributed by atoms with Crippen LogP contribution in [0.25, 0.3) is 5.57 Å². The second kappa shape index (κ2) is 5.70. The van der Waals surface area contributed by atoms with Crippen molar-refractivity contribution >= 4 is 5.57 Å². The third-order valence-electron chi connectivity index (χ3n) is 5.02. The Morgan fingerprint density at radius 2 is 1.87 bits per heavy atom. The van der Waals surface area contributed by atoms with Crippen LogP contribution >= 0.6 is 0 Å². The molecule has 1 aromatic rings. The Morgan fingerprint density at radius 1 is 1.13 bits per heavy atom. The van der Waals surface area contributed by atoms with Crippen LogP contribution in [0.2, 0.25) is 0 Å². The third-order valence-corrected chi connectivity index (χ3v) is 5.02. The predicted octanol–water partition coefficient (Wildman–Crippen LogP) is 6.31. The van der Waals surface area contributed by atoms with E-state index in [-0.39, 0.29) is 5.41 Å². The first-order valence-electron chi connectivity index (χ1n) is 8.16. The molecule has 0 saturated heterocycles. The molecule has 0 nitrogen and oxygen atoms in total. The number of benzene rings is 1. The van der Waals surface area contributed by atoms with Gasteiger partial charge in [0, 0.05) is 5.41 Å². The Bertz CT molecular complexity index is 804. The van der Waals surface area contributed by atoms with E-state index in [0.29, 0.717) is 0 Å². The maximum atomic E-state index is 4.26. The van der Waals surface area contributed by atoms with Gasteiger partial charge >= 0.3 is 0 Å². The van der Waals surface area contributed by atoms with Crippen LogP contribution < -0.4 is 0 Å². The van der Waals surface area contributed by atoms with Crippen molar-refractivity contribution < 1.29 is 0 Å². The summed E-state index contributed by atoms with van der Waals surface area (Å²) in [6.07, 6.45) is 11.3. The molecule has 0 heteroatoms. The normalized spacial score (nSPS) is 24.2. The molecule has 0 radical (unpaired) electrons. The largest absolute Gasteiger partial charge is 0.0991 e. The van der Waals surface area contributed by atoms with Gasteiger partial charge in [0.05, 0.1) is 0 Å². The van der Waals surface area contributed by atoms with E-state index in [1.807, 2.05) is 12.2 Å². The summed E-state index contributed by atoms with van der Waals surface area (Å²) in [6.45, 7) is 14.9. The first-order chi connectivity index (χ1) is 11.0. The van der Waals surface area contributed by atoms with E-state index in [1.165, 1.54) is 33.4 Å². The molecule has 0 spiro atoms. The number of fused-ring (bicyclic) bond motifs is 2. The van der Waals surface area contributed by atoms with Crippen LogP contribution in [0.5, 0.6) is 0 Å². The van der Waals surface area contributed by atoms with Gasteiger partial charge in [-0.05, 0) is 46.8 Å². The molecule has 0 heterocycles. The Kier molecular flexibility index (Phi) is 3.85. The minimum Gasteiger partial charge on any atom is -0.0991 e. The second-order valence-corrected chi connectivity index (χ2v) is 6.89. The highest BCUT2D eigenvalue weighted by atomic mass is 14.4. The predicted molar refractivity (Wildman–Crippen MR) is 101 cm³/mol. The van der Waals surface area contributed by atoms with Crippen LogP contribution in [0.15, 0.2) is 90.1 Å². The summed E-state index contributed by atoms with van der Waals surface area (Å²) in [7, 11) is 0. The molecule has 0 atom stereocenters. The van der Waals surface area contributed by atoms with E-state index >= 15 is 0 Å². The molecule has 116 valence electrons. The molecule has 0 amide bonds. The van der Waals surface area contributed by atoms with Crippen molar-refractivity contribution in [2.75, 3.05) is 0 Å². The zero-order chi connectivity index (χ0) is 16.6. The lowest BCUT2D eigenvalue weighted by atomic mass is 9.80. The minimum atomic E-state index is 0.0530. The molecule has 0 fully saturated rings. The fraction of sp³-hybridized carbons (Fsp3) is 0.217. The first kappa shape index (κ1) is 15.6. The zero-order valence-electron chi connectivity index (χ0n) is 14.3. The fourth-order valence-electron chi connectivity index (χ4n) is 3.78. The zero-order valence-corrected chi connectivity index (χ0v) is 14.3. The van der Waals surface area contributed by atoms with E-state index in [2.05, 4.69) is 76.4 Å². The van der Waals surface area contributed by atoms with Crippen molar-refractivity contribution in [2.24, 2.45) is 0 Å². The Labute approximate surface area is 139 Å². The van der Waals surface area contributed by atoms with Gasteiger partial charge in [-0.15, -0.1) is 0 Å². The molecule has 0 saturated carbocycles. The van der Waals surface area contributed by atoms with Gasteiger partial charge in [-0.3, -0.25) is 0 Å². The quantitative estimate of drug-likeness (QED) is 0.562. The molecule has 0 bridgehead atoms. The Hall–Kier alpha value is -2.34. The second-order valence-electron chi connectivity index (χ2n) is 6.89. The van der Waals surface area contributed by atoms with Gasteiger partial charge in [-0.25, -0.2) is 0 Å². The highest BCUT2D eigenvalue weighted by Gasteiger charge is 2.36. The number of hydrogen-bond donors (Lipinski definition) is 0. The van der Waals surface area contributed by atoms with Gasteiger partial charge < -0.3 is 0 Å². The van der Waals surface area contributed by atoms with Crippen molar-refractivity contribution in [1.82, 2.24) is 0 Å². The lowest BCUT2D eigenvalue weighted by Crippen LogP contribution is -2.16. The van der Waals surface area contributed by atoms with Crippen molar-refractivity contribution in [2.45, 2.75) is 32.6 Å². The van der Waals surface area contributed by atoms with E-state index in [0.717, 1.165) is 12.0 Å². The topological polar surface area (TPSA) is 0 Å². The molecule has 3 rings (SSSR count). The summed E-state index contributed by atoms with van der Waals surface area (Å²) in [6, 6.07) is 8.81. The average Bonchev–Trinajstić information content (AvgIpc) is 2.72. The molecule has 2 aliphatic rings. The molecule has 0 N–H and O–H groups in total. The van der Waals surface area contributed by atoms with Crippen LogP contribution in [0, 0.1) is 0 Å². The SMILES string of the molecule is C=C/C=C\C1=C(/C)CC2=C(/C=C\C1=C)C(C)(C)c1ccccc12. The van der Waals surface area contributed by atoms with Crippen LogP contribution in [0.3, 0.4) is 0 Å². The summed E-state index contributed by atoms with van der Waals surface area (Å²) in [5.74, 6) is 0. The van der Waals surface area contributed by atoms with Crippen LogP contribution in [0.4, 0.5) is 0 Å². The first-order valence-corrected chi connectivity index (χ1v) is 8.16. The van der Waals surface area contributed by atoms with Gasteiger partial charge in [0.25, 0.3) is 0 Å². The highest BCUT2D eigenvalue weighted by Crippen LogP contribution is 2.49. The van der Waals surface area contributed by atoms with E-state index < -0.39 is 0 Å². The third kappa shape index (κ3) is 2.49. The van der Waals surface area contributed by atoms with Crippen LogP contribution in [-0.4, -0.2) is 0 Å².